The number of aryl methyl sites for hydroxylation is 1. The first kappa shape index (κ1) is 8.23. The van der Waals surface area contributed by atoms with Crippen molar-refractivity contribution in [1.29, 1.82) is 0 Å². The van der Waals surface area contributed by atoms with Crippen LogP contribution in [0.5, 0.6) is 0 Å². The number of nitrogens with zero attached hydrogens (tertiary/aromatic N) is 1. The van der Waals surface area contributed by atoms with Crippen LogP contribution in [0.4, 0.5) is 4.39 Å². The Hall–Kier alpha value is -1.38. The Morgan fingerprint density at radius 3 is 3.00 bits per heavy atom. The number of nitrogens with one attached hydrogen (secondary N) is 1. The molecule has 1 aliphatic rings. The average molecular weight is 178 g/mol. The van der Waals surface area contributed by atoms with E-state index in [2.05, 4.69) is 10.5 Å². The fourth-order valence-corrected chi connectivity index (χ4v) is 1.39. The second kappa shape index (κ2) is 3.17. The summed E-state index contributed by atoms with van der Waals surface area (Å²) in [4.78, 5) is 0. The summed E-state index contributed by atoms with van der Waals surface area (Å²) in [6.45, 7) is 1.76. The Balaban J connectivity index is 2.26. The monoisotopic (exact) mass is 178 g/mol. The molecule has 0 aliphatic carbocycles. The summed E-state index contributed by atoms with van der Waals surface area (Å²) in [5, 5.41) is 3.90. The first-order valence-corrected chi connectivity index (χ1v) is 4.30. The van der Waals surface area contributed by atoms with E-state index in [1.165, 1.54) is 0 Å². The van der Waals surface area contributed by atoms with E-state index < -0.39 is 0 Å². The number of halogens is 1. The molecule has 68 valence electrons. The minimum absolute atomic E-state index is 0.147. The molecule has 2 nitrogen and oxygen atoms in total. The zero-order valence-electron chi connectivity index (χ0n) is 7.42. The van der Waals surface area contributed by atoms with Crippen LogP contribution in [0.1, 0.15) is 23.6 Å². The molecule has 0 fully saturated rings. The second-order valence-electron chi connectivity index (χ2n) is 3.24. The van der Waals surface area contributed by atoms with Gasteiger partial charge in [0.25, 0.3) is 0 Å². The summed E-state index contributed by atoms with van der Waals surface area (Å²) in [6.07, 6.45) is 2.64. The lowest BCUT2D eigenvalue weighted by Crippen LogP contribution is -2.09. The van der Waals surface area contributed by atoms with E-state index in [0.717, 1.165) is 12.0 Å². The van der Waals surface area contributed by atoms with Gasteiger partial charge in [0, 0.05) is 12.6 Å². The van der Waals surface area contributed by atoms with Crippen LogP contribution in [0.15, 0.2) is 23.3 Å². The van der Waals surface area contributed by atoms with Crippen molar-refractivity contribution in [1.82, 2.24) is 5.43 Å². The molecule has 2 rings (SSSR count). The first-order chi connectivity index (χ1) is 6.27. The van der Waals surface area contributed by atoms with Crippen molar-refractivity contribution in [3.8, 4) is 0 Å². The van der Waals surface area contributed by atoms with Crippen molar-refractivity contribution in [3.63, 3.8) is 0 Å². The summed E-state index contributed by atoms with van der Waals surface area (Å²) in [6, 6.07) is 5.45. The molecule has 0 spiro atoms. The van der Waals surface area contributed by atoms with Gasteiger partial charge in [-0.2, -0.15) is 5.10 Å². The Bertz CT molecular complexity index is 339. The quantitative estimate of drug-likeness (QED) is 0.700. The smallest absolute Gasteiger partial charge is 0.126 e. The van der Waals surface area contributed by atoms with Crippen LogP contribution in [-0.2, 0) is 0 Å². The largest absolute Gasteiger partial charge is 0.303 e. The van der Waals surface area contributed by atoms with Gasteiger partial charge in [-0.15, -0.1) is 0 Å². The highest BCUT2D eigenvalue weighted by molar-refractivity contribution is 5.60. The van der Waals surface area contributed by atoms with Crippen LogP contribution in [0, 0.1) is 12.7 Å². The number of benzene rings is 1. The number of rotatable bonds is 1. The van der Waals surface area contributed by atoms with Crippen molar-refractivity contribution < 1.29 is 4.39 Å². The SMILES string of the molecule is Cc1ccc(C2CC=NN2)cc1F. The van der Waals surface area contributed by atoms with Crippen molar-refractivity contribution in [2.45, 2.75) is 19.4 Å². The molecule has 0 saturated carbocycles. The minimum Gasteiger partial charge on any atom is -0.303 e. The third-order valence-corrected chi connectivity index (χ3v) is 2.26. The van der Waals surface area contributed by atoms with Crippen molar-refractivity contribution in [2.75, 3.05) is 0 Å². The molecule has 1 unspecified atom stereocenters. The van der Waals surface area contributed by atoms with Gasteiger partial charge in [0.15, 0.2) is 0 Å². The van der Waals surface area contributed by atoms with Gasteiger partial charge < -0.3 is 5.43 Å². The van der Waals surface area contributed by atoms with E-state index in [1.54, 1.807) is 19.1 Å². The predicted octanol–water partition coefficient (Wildman–Crippen LogP) is 2.15. The third-order valence-electron chi connectivity index (χ3n) is 2.26. The van der Waals surface area contributed by atoms with Gasteiger partial charge in [-0.3, -0.25) is 0 Å². The molecule has 13 heavy (non-hydrogen) atoms. The van der Waals surface area contributed by atoms with E-state index in [9.17, 15) is 4.39 Å². The highest BCUT2D eigenvalue weighted by Gasteiger charge is 2.13. The lowest BCUT2D eigenvalue weighted by molar-refractivity contribution is 0.591. The van der Waals surface area contributed by atoms with Gasteiger partial charge in [0.1, 0.15) is 5.82 Å². The third kappa shape index (κ3) is 1.54. The van der Waals surface area contributed by atoms with Crippen LogP contribution in [-0.4, -0.2) is 6.21 Å². The van der Waals surface area contributed by atoms with E-state index in [1.807, 2.05) is 12.3 Å². The summed E-state index contributed by atoms with van der Waals surface area (Å²) in [5.74, 6) is -0.147. The van der Waals surface area contributed by atoms with Crippen LogP contribution in [0.3, 0.4) is 0 Å². The second-order valence-corrected chi connectivity index (χ2v) is 3.24. The van der Waals surface area contributed by atoms with Gasteiger partial charge in [-0.05, 0) is 24.1 Å². The van der Waals surface area contributed by atoms with Gasteiger partial charge in [-0.25, -0.2) is 4.39 Å². The van der Waals surface area contributed by atoms with Crippen molar-refractivity contribution >= 4 is 6.21 Å². The Labute approximate surface area is 76.5 Å². The summed E-state index contributed by atoms with van der Waals surface area (Å²) >= 11 is 0. The number of hydrazone groups is 1. The minimum atomic E-state index is -0.147. The molecule has 0 amide bonds. The molecule has 1 atom stereocenters. The molecule has 0 bridgehead atoms. The summed E-state index contributed by atoms with van der Waals surface area (Å²) in [7, 11) is 0. The van der Waals surface area contributed by atoms with Crippen LogP contribution >= 0.6 is 0 Å². The zero-order valence-corrected chi connectivity index (χ0v) is 7.42. The maximum absolute atomic E-state index is 13.2. The van der Waals surface area contributed by atoms with Gasteiger partial charge in [0.05, 0.1) is 6.04 Å². The van der Waals surface area contributed by atoms with Crippen LogP contribution in [0.25, 0.3) is 0 Å². The Morgan fingerprint density at radius 2 is 2.38 bits per heavy atom. The lowest BCUT2D eigenvalue weighted by atomic mass is 10.0. The summed E-state index contributed by atoms with van der Waals surface area (Å²) in [5.41, 5.74) is 4.56. The molecule has 0 radical (unpaired) electrons. The van der Waals surface area contributed by atoms with E-state index in [-0.39, 0.29) is 11.9 Å². The van der Waals surface area contributed by atoms with Crippen LogP contribution < -0.4 is 5.43 Å². The molecular weight excluding hydrogens is 167 g/mol. The normalized spacial score (nSPS) is 20.3. The lowest BCUT2D eigenvalue weighted by Gasteiger charge is -2.10. The fourth-order valence-electron chi connectivity index (χ4n) is 1.39. The summed E-state index contributed by atoms with van der Waals surface area (Å²) < 4.78 is 13.2. The molecule has 1 N–H and O–H groups in total. The first-order valence-electron chi connectivity index (χ1n) is 4.30. The predicted molar refractivity (Wildman–Crippen MR) is 50.1 cm³/mol. The van der Waals surface area contributed by atoms with Gasteiger partial charge >= 0.3 is 0 Å². The molecular formula is C10H11FN2. The average Bonchev–Trinajstić information content (AvgIpc) is 2.62. The molecule has 0 aromatic heterocycles. The van der Waals surface area contributed by atoms with E-state index in [0.29, 0.717) is 5.56 Å². The topological polar surface area (TPSA) is 24.4 Å². The van der Waals surface area contributed by atoms with Crippen molar-refractivity contribution in [2.24, 2.45) is 5.10 Å². The maximum atomic E-state index is 13.2. The number of hydrogen-bond acceptors (Lipinski definition) is 2. The van der Waals surface area contributed by atoms with Gasteiger partial charge in [0.2, 0.25) is 0 Å². The molecule has 1 heterocycles. The van der Waals surface area contributed by atoms with Gasteiger partial charge in [-0.1, -0.05) is 12.1 Å². The Kier molecular flexibility index (Phi) is 2.00. The van der Waals surface area contributed by atoms with Crippen molar-refractivity contribution in [3.05, 3.63) is 35.1 Å². The van der Waals surface area contributed by atoms with Crippen LogP contribution in [0.2, 0.25) is 0 Å². The molecule has 1 aliphatic heterocycles. The highest BCUT2D eigenvalue weighted by atomic mass is 19.1. The molecule has 0 saturated heterocycles. The zero-order chi connectivity index (χ0) is 9.26. The molecule has 3 heteroatoms. The number of hydrogen-bond donors (Lipinski definition) is 1. The highest BCUT2D eigenvalue weighted by Crippen LogP contribution is 2.20. The fraction of sp³-hybridized carbons (Fsp3) is 0.300. The maximum Gasteiger partial charge on any atom is 0.126 e. The standard InChI is InChI=1S/C10H11FN2/c1-7-2-3-8(6-9(7)11)10-4-5-12-13-10/h2-3,5-6,10,13H,4H2,1H3. The van der Waals surface area contributed by atoms with E-state index in [4.69, 9.17) is 0 Å². The Morgan fingerprint density at radius 1 is 1.54 bits per heavy atom. The molecule has 1 aromatic carbocycles. The molecule has 1 aromatic rings. The van der Waals surface area contributed by atoms with E-state index >= 15 is 0 Å².